The van der Waals surface area contributed by atoms with Crippen LogP contribution in [0.4, 0.5) is 0 Å². The van der Waals surface area contributed by atoms with Crippen molar-refractivity contribution in [1.29, 1.82) is 0 Å². The van der Waals surface area contributed by atoms with E-state index in [0.29, 0.717) is 12.5 Å². The molecule has 1 unspecified atom stereocenters. The van der Waals surface area contributed by atoms with Crippen LogP contribution in [-0.2, 0) is 22.6 Å². The van der Waals surface area contributed by atoms with Crippen LogP contribution in [0.3, 0.4) is 0 Å². The Labute approximate surface area is 200 Å². The van der Waals surface area contributed by atoms with E-state index in [1.165, 1.54) is 11.1 Å². The van der Waals surface area contributed by atoms with Gasteiger partial charge in [-0.25, -0.2) is 4.99 Å². The minimum absolute atomic E-state index is 0. The fourth-order valence-electron chi connectivity index (χ4n) is 3.41. The van der Waals surface area contributed by atoms with Crippen LogP contribution in [0, 0.1) is 5.92 Å². The summed E-state index contributed by atoms with van der Waals surface area (Å²) < 4.78 is 11.2. The number of halogens is 1. The molecule has 1 aromatic carbocycles. The molecule has 0 amide bonds. The standard InChI is InChI=1S/C23H40N4O2.HI/c1-4-24-23(25-13-9-14-28-18-20-12-15-29-19-20)26-16-21-10-7-8-11-22(21)17-27(5-2)6-3;/h7-8,10-11,20H,4-6,9,12-19H2,1-3H3,(H2,24,25,26);1H. The third-order valence-electron chi connectivity index (χ3n) is 5.29. The second kappa shape index (κ2) is 16.8. The lowest BCUT2D eigenvalue weighted by Crippen LogP contribution is -2.38. The fourth-order valence-corrected chi connectivity index (χ4v) is 3.41. The van der Waals surface area contributed by atoms with E-state index >= 15 is 0 Å². The summed E-state index contributed by atoms with van der Waals surface area (Å²) in [6.45, 7) is 15.3. The molecule has 1 aliphatic heterocycles. The monoisotopic (exact) mass is 532 g/mol. The van der Waals surface area contributed by atoms with Crippen molar-refractivity contribution in [3.8, 4) is 0 Å². The number of hydrogen-bond acceptors (Lipinski definition) is 4. The van der Waals surface area contributed by atoms with Gasteiger partial charge in [-0.15, -0.1) is 24.0 Å². The largest absolute Gasteiger partial charge is 0.381 e. The van der Waals surface area contributed by atoms with Crippen molar-refractivity contribution in [2.45, 2.75) is 46.7 Å². The van der Waals surface area contributed by atoms with Crippen LogP contribution in [0.1, 0.15) is 44.7 Å². The number of rotatable bonds is 13. The molecule has 2 N–H and O–H groups in total. The minimum atomic E-state index is 0. The lowest BCUT2D eigenvalue weighted by molar-refractivity contribution is 0.0888. The molecule has 1 aliphatic rings. The summed E-state index contributed by atoms with van der Waals surface area (Å²) in [5.41, 5.74) is 2.65. The number of guanidine groups is 1. The molecule has 0 radical (unpaired) electrons. The lowest BCUT2D eigenvalue weighted by Gasteiger charge is -2.20. The highest BCUT2D eigenvalue weighted by molar-refractivity contribution is 14.0. The van der Waals surface area contributed by atoms with Gasteiger partial charge in [-0.2, -0.15) is 0 Å². The van der Waals surface area contributed by atoms with Crippen LogP contribution in [0.2, 0.25) is 0 Å². The average Bonchev–Trinajstić information content (AvgIpc) is 3.26. The number of nitrogens with one attached hydrogen (secondary N) is 2. The Morgan fingerprint density at radius 1 is 1.17 bits per heavy atom. The SMILES string of the molecule is CCNC(=NCc1ccccc1CN(CC)CC)NCCCOCC1CCOC1.I. The molecule has 7 heteroatoms. The van der Waals surface area contributed by atoms with Gasteiger partial charge >= 0.3 is 0 Å². The Bertz CT molecular complexity index is 590. The summed E-state index contributed by atoms with van der Waals surface area (Å²) in [6.07, 6.45) is 2.10. The van der Waals surface area contributed by atoms with E-state index in [1.54, 1.807) is 0 Å². The van der Waals surface area contributed by atoms with E-state index in [0.717, 1.165) is 78.0 Å². The quantitative estimate of drug-likeness (QED) is 0.176. The van der Waals surface area contributed by atoms with Gasteiger partial charge < -0.3 is 20.1 Å². The first-order valence-corrected chi connectivity index (χ1v) is 11.2. The first-order chi connectivity index (χ1) is 14.3. The zero-order valence-corrected chi connectivity index (χ0v) is 21.3. The van der Waals surface area contributed by atoms with E-state index in [4.69, 9.17) is 14.5 Å². The highest BCUT2D eigenvalue weighted by atomic mass is 127. The number of aliphatic imine (C=N–C) groups is 1. The van der Waals surface area contributed by atoms with Gasteiger partial charge in [0.05, 0.1) is 19.8 Å². The molecule has 30 heavy (non-hydrogen) atoms. The zero-order chi connectivity index (χ0) is 20.7. The van der Waals surface area contributed by atoms with Crippen LogP contribution in [0.15, 0.2) is 29.3 Å². The maximum Gasteiger partial charge on any atom is 0.191 e. The van der Waals surface area contributed by atoms with Gasteiger partial charge in [0.25, 0.3) is 0 Å². The second-order valence-corrected chi connectivity index (χ2v) is 7.51. The predicted octanol–water partition coefficient (Wildman–Crippen LogP) is 3.64. The normalized spacial score (nSPS) is 16.5. The summed E-state index contributed by atoms with van der Waals surface area (Å²) in [4.78, 5) is 7.24. The second-order valence-electron chi connectivity index (χ2n) is 7.51. The smallest absolute Gasteiger partial charge is 0.191 e. The first-order valence-electron chi connectivity index (χ1n) is 11.2. The highest BCUT2D eigenvalue weighted by Gasteiger charge is 2.15. The molecule has 1 heterocycles. The predicted molar refractivity (Wildman–Crippen MR) is 136 cm³/mol. The van der Waals surface area contributed by atoms with E-state index in [1.807, 2.05) is 0 Å². The summed E-state index contributed by atoms with van der Waals surface area (Å²) >= 11 is 0. The van der Waals surface area contributed by atoms with E-state index in [2.05, 4.69) is 60.6 Å². The van der Waals surface area contributed by atoms with Crippen molar-refractivity contribution in [3.05, 3.63) is 35.4 Å². The Hall–Kier alpha value is -0.900. The van der Waals surface area contributed by atoms with Gasteiger partial charge in [0.2, 0.25) is 0 Å². The Morgan fingerprint density at radius 2 is 1.93 bits per heavy atom. The van der Waals surface area contributed by atoms with Gasteiger partial charge in [0.1, 0.15) is 0 Å². The molecule has 1 atom stereocenters. The van der Waals surface area contributed by atoms with Gasteiger partial charge in [-0.3, -0.25) is 4.90 Å². The molecule has 0 saturated carbocycles. The van der Waals surface area contributed by atoms with Gasteiger partial charge in [0, 0.05) is 38.8 Å². The van der Waals surface area contributed by atoms with Crippen molar-refractivity contribution in [2.24, 2.45) is 10.9 Å². The van der Waals surface area contributed by atoms with Gasteiger partial charge in [0.15, 0.2) is 5.96 Å². The maximum absolute atomic E-state index is 5.78. The molecule has 0 aliphatic carbocycles. The van der Waals surface area contributed by atoms with Crippen LogP contribution in [0.25, 0.3) is 0 Å². The Balaban J connectivity index is 0.00000450. The summed E-state index contributed by atoms with van der Waals surface area (Å²) in [5.74, 6) is 1.45. The highest BCUT2D eigenvalue weighted by Crippen LogP contribution is 2.13. The summed E-state index contributed by atoms with van der Waals surface area (Å²) in [6, 6.07) is 8.62. The maximum atomic E-state index is 5.78. The molecular weight excluding hydrogens is 491 g/mol. The van der Waals surface area contributed by atoms with E-state index in [-0.39, 0.29) is 24.0 Å². The molecular formula is C23H41IN4O2. The van der Waals surface area contributed by atoms with Crippen LogP contribution in [-0.4, -0.2) is 63.5 Å². The molecule has 0 aromatic heterocycles. The first kappa shape index (κ1) is 27.1. The van der Waals surface area contributed by atoms with Crippen LogP contribution in [0.5, 0.6) is 0 Å². The van der Waals surface area contributed by atoms with E-state index in [9.17, 15) is 0 Å². The Morgan fingerprint density at radius 3 is 2.60 bits per heavy atom. The molecule has 1 aromatic rings. The number of benzene rings is 1. The summed E-state index contributed by atoms with van der Waals surface area (Å²) in [5, 5.41) is 6.77. The molecule has 6 nitrogen and oxygen atoms in total. The summed E-state index contributed by atoms with van der Waals surface area (Å²) in [7, 11) is 0. The van der Waals surface area contributed by atoms with Crippen molar-refractivity contribution in [3.63, 3.8) is 0 Å². The third kappa shape index (κ3) is 10.4. The van der Waals surface area contributed by atoms with Gasteiger partial charge in [-0.1, -0.05) is 38.1 Å². The van der Waals surface area contributed by atoms with Crippen molar-refractivity contribution >= 4 is 29.9 Å². The topological polar surface area (TPSA) is 58.1 Å². The average molecular weight is 533 g/mol. The molecule has 172 valence electrons. The van der Waals surface area contributed by atoms with E-state index < -0.39 is 0 Å². The number of ether oxygens (including phenoxy) is 2. The number of hydrogen-bond donors (Lipinski definition) is 2. The molecule has 2 rings (SSSR count). The third-order valence-corrected chi connectivity index (χ3v) is 5.29. The van der Waals surface area contributed by atoms with Crippen molar-refractivity contribution < 1.29 is 9.47 Å². The molecule has 0 bridgehead atoms. The van der Waals surface area contributed by atoms with Gasteiger partial charge in [-0.05, 0) is 44.0 Å². The van der Waals surface area contributed by atoms with Crippen molar-refractivity contribution in [2.75, 3.05) is 52.6 Å². The van der Waals surface area contributed by atoms with Crippen LogP contribution >= 0.6 is 24.0 Å². The Kier molecular flexibility index (Phi) is 15.2. The number of nitrogens with zero attached hydrogens (tertiary/aromatic N) is 2. The minimum Gasteiger partial charge on any atom is -0.381 e. The van der Waals surface area contributed by atoms with Crippen molar-refractivity contribution in [1.82, 2.24) is 15.5 Å². The lowest BCUT2D eigenvalue weighted by atomic mass is 10.1. The fraction of sp³-hybridized carbons (Fsp3) is 0.696. The molecule has 1 saturated heterocycles. The van der Waals surface area contributed by atoms with Crippen LogP contribution < -0.4 is 10.6 Å². The molecule has 0 spiro atoms. The zero-order valence-electron chi connectivity index (χ0n) is 19.0. The molecule has 1 fully saturated rings.